The molecule has 0 spiro atoms. The molecule has 0 radical (unpaired) electrons. The van der Waals surface area contributed by atoms with Crippen LogP contribution in [0.1, 0.15) is 27.9 Å². The van der Waals surface area contributed by atoms with E-state index >= 15 is 0 Å². The predicted octanol–water partition coefficient (Wildman–Crippen LogP) is 0.229. The molecule has 5 heteroatoms. The molecular weight excluding hydrogens is 215 g/mol. The highest BCUT2D eigenvalue weighted by molar-refractivity contribution is 7.47. The summed E-state index contributed by atoms with van der Waals surface area (Å²) in [5, 5.41) is 0. The van der Waals surface area contributed by atoms with Gasteiger partial charge in [-0.1, -0.05) is 25.8 Å². The monoisotopic (exact) mass is 224 g/mol. The Kier molecular flexibility index (Phi) is 2.51. The maximum atomic E-state index is 11.4. The minimum atomic E-state index is -4.55. The number of hydrogen-bond acceptors (Lipinski definition) is 4. The Morgan fingerprint density at radius 1 is 1.27 bits per heavy atom. The first-order valence-electron chi connectivity index (χ1n) is 4.62. The van der Waals surface area contributed by atoms with Crippen LogP contribution >= 0.6 is 7.60 Å². The lowest BCUT2D eigenvalue weighted by atomic mass is 10.0. The van der Waals surface area contributed by atoms with Crippen molar-refractivity contribution in [2.45, 2.75) is 19.0 Å². The van der Waals surface area contributed by atoms with Crippen molar-refractivity contribution in [3.8, 4) is 0 Å². The van der Waals surface area contributed by atoms with Gasteiger partial charge in [0.2, 0.25) is 0 Å². The molecule has 0 fully saturated rings. The summed E-state index contributed by atoms with van der Waals surface area (Å²) >= 11 is 0. The number of benzene rings is 1. The van der Waals surface area contributed by atoms with Crippen molar-refractivity contribution in [1.82, 2.24) is 0 Å². The van der Waals surface area contributed by atoms with Crippen LogP contribution < -0.4 is 9.79 Å². The second-order valence-electron chi connectivity index (χ2n) is 3.64. The van der Waals surface area contributed by atoms with Crippen LogP contribution in [0.5, 0.6) is 0 Å². The average molecular weight is 224 g/mol. The Bertz CT molecular complexity index is 460. The zero-order chi connectivity index (χ0) is 11.1. The summed E-state index contributed by atoms with van der Waals surface area (Å²) in [5.74, 6) is 0.0264. The molecule has 0 N–H and O–H groups in total. The van der Waals surface area contributed by atoms with E-state index < -0.39 is 13.8 Å². The standard InChI is InChI=1S/C10H11O4P/c11-10-5-4-8-7(6-15(12,13)14)2-1-3-9(8)10/h1-3H,4-6H2,(H2,12,13,14)/p-2. The summed E-state index contributed by atoms with van der Waals surface area (Å²) in [6, 6.07) is 4.89. The van der Waals surface area contributed by atoms with Gasteiger partial charge in [-0.15, -0.1) is 0 Å². The van der Waals surface area contributed by atoms with Gasteiger partial charge in [-0.3, -0.25) is 4.79 Å². The minimum absolute atomic E-state index is 0.0264. The molecule has 0 bridgehead atoms. The van der Waals surface area contributed by atoms with Crippen LogP contribution in [-0.2, 0) is 17.1 Å². The largest absolute Gasteiger partial charge is 0.810 e. The van der Waals surface area contributed by atoms with Gasteiger partial charge in [0.05, 0.1) is 0 Å². The second-order valence-corrected chi connectivity index (χ2v) is 5.17. The van der Waals surface area contributed by atoms with Gasteiger partial charge in [-0.25, -0.2) is 0 Å². The van der Waals surface area contributed by atoms with Crippen LogP contribution in [0.2, 0.25) is 0 Å². The van der Waals surface area contributed by atoms with Crippen molar-refractivity contribution in [2.24, 2.45) is 0 Å². The molecule has 0 aromatic heterocycles. The van der Waals surface area contributed by atoms with Gasteiger partial charge in [-0.05, 0) is 17.5 Å². The highest BCUT2D eigenvalue weighted by Gasteiger charge is 2.21. The lowest BCUT2D eigenvalue weighted by Gasteiger charge is -2.30. The highest BCUT2D eigenvalue weighted by atomic mass is 31.2. The molecule has 0 atom stereocenters. The van der Waals surface area contributed by atoms with Crippen LogP contribution in [0.3, 0.4) is 0 Å². The van der Waals surface area contributed by atoms with Crippen molar-refractivity contribution in [2.75, 3.05) is 0 Å². The molecule has 0 saturated heterocycles. The van der Waals surface area contributed by atoms with Crippen LogP contribution in [0.4, 0.5) is 0 Å². The van der Waals surface area contributed by atoms with Crippen molar-refractivity contribution in [1.29, 1.82) is 0 Å². The summed E-state index contributed by atoms with van der Waals surface area (Å²) in [6.07, 6.45) is 0.460. The Morgan fingerprint density at radius 2 is 2.00 bits per heavy atom. The van der Waals surface area contributed by atoms with E-state index in [1.807, 2.05) is 0 Å². The highest BCUT2D eigenvalue weighted by Crippen LogP contribution is 2.34. The zero-order valence-corrected chi connectivity index (χ0v) is 8.83. The molecular formula is C10H9O4P-2. The lowest BCUT2D eigenvalue weighted by Crippen LogP contribution is -2.16. The molecule has 0 aliphatic heterocycles. The molecule has 80 valence electrons. The van der Waals surface area contributed by atoms with Gasteiger partial charge in [0.25, 0.3) is 0 Å². The zero-order valence-electron chi connectivity index (χ0n) is 7.93. The van der Waals surface area contributed by atoms with Crippen molar-refractivity contribution in [3.63, 3.8) is 0 Å². The summed E-state index contributed by atoms with van der Waals surface area (Å²) in [6.45, 7) is 0. The summed E-state index contributed by atoms with van der Waals surface area (Å²) in [7, 11) is -4.55. The van der Waals surface area contributed by atoms with E-state index in [0.717, 1.165) is 5.56 Å². The minimum Gasteiger partial charge on any atom is -0.810 e. The molecule has 1 aliphatic carbocycles. The average Bonchev–Trinajstić information content (AvgIpc) is 2.47. The topological polar surface area (TPSA) is 80.3 Å². The lowest BCUT2D eigenvalue weighted by molar-refractivity contribution is -0.314. The summed E-state index contributed by atoms with van der Waals surface area (Å²) < 4.78 is 10.7. The van der Waals surface area contributed by atoms with Gasteiger partial charge in [0.15, 0.2) is 5.78 Å². The van der Waals surface area contributed by atoms with Gasteiger partial charge in [0, 0.05) is 18.1 Å². The molecule has 0 amide bonds. The third-order valence-corrected chi connectivity index (χ3v) is 3.27. The first kappa shape index (κ1) is 10.6. The van der Waals surface area contributed by atoms with E-state index in [9.17, 15) is 19.1 Å². The normalized spacial score (nSPS) is 15.5. The molecule has 0 saturated carbocycles. The van der Waals surface area contributed by atoms with Crippen LogP contribution in [0.15, 0.2) is 18.2 Å². The molecule has 2 rings (SSSR count). The first-order chi connectivity index (χ1) is 6.97. The molecule has 0 unspecified atom stereocenters. The van der Waals surface area contributed by atoms with Gasteiger partial charge >= 0.3 is 0 Å². The number of ketones is 1. The quantitative estimate of drug-likeness (QED) is 0.673. The molecule has 1 aliphatic rings. The SMILES string of the molecule is O=C1CCc2c(CP(=O)([O-])[O-])cccc21. The van der Waals surface area contributed by atoms with Crippen LogP contribution in [0.25, 0.3) is 0 Å². The summed E-state index contributed by atoms with van der Waals surface area (Å²) in [5.41, 5.74) is 1.78. The molecule has 15 heavy (non-hydrogen) atoms. The third-order valence-electron chi connectivity index (χ3n) is 2.54. The van der Waals surface area contributed by atoms with E-state index in [0.29, 0.717) is 24.0 Å². The van der Waals surface area contributed by atoms with Crippen molar-refractivity contribution < 1.29 is 19.1 Å². The van der Waals surface area contributed by atoms with Crippen LogP contribution in [-0.4, -0.2) is 5.78 Å². The van der Waals surface area contributed by atoms with E-state index in [1.165, 1.54) is 0 Å². The van der Waals surface area contributed by atoms with Gasteiger partial charge in [-0.2, -0.15) is 0 Å². The maximum absolute atomic E-state index is 11.4. The van der Waals surface area contributed by atoms with E-state index in [1.54, 1.807) is 18.2 Å². The molecule has 1 aromatic rings. The number of hydrogen-bond donors (Lipinski definition) is 0. The van der Waals surface area contributed by atoms with E-state index in [-0.39, 0.29) is 5.78 Å². The fourth-order valence-electron chi connectivity index (χ4n) is 1.92. The van der Waals surface area contributed by atoms with Crippen LogP contribution in [0, 0.1) is 0 Å². The Labute approximate surface area is 87.1 Å². The van der Waals surface area contributed by atoms with Gasteiger partial charge < -0.3 is 14.4 Å². The smallest absolute Gasteiger partial charge is 0.163 e. The molecule has 4 nitrogen and oxygen atoms in total. The number of rotatable bonds is 2. The Hall–Kier alpha value is -0.960. The van der Waals surface area contributed by atoms with E-state index in [2.05, 4.69) is 0 Å². The second kappa shape index (κ2) is 3.56. The summed E-state index contributed by atoms with van der Waals surface area (Å²) in [4.78, 5) is 32.7. The molecule has 0 heterocycles. The number of carbonyl (C=O) groups excluding carboxylic acids is 1. The Balaban J connectivity index is 2.43. The first-order valence-corrected chi connectivity index (χ1v) is 6.35. The fraction of sp³-hybridized carbons (Fsp3) is 0.300. The number of Topliss-reactive ketones (excluding diaryl/α,β-unsaturated/α-hetero) is 1. The number of fused-ring (bicyclic) bond motifs is 1. The fourth-order valence-corrected chi connectivity index (χ4v) is 2.63. The van der Waals surface area contributed by atoms with Gasteiger partial charge in [0.1, 0.15) is 0 Å². The van der Waals surface area contributed by atoms with Crippen molar-refractivity contribution in [3.05, 3.63) is 34.9 Å². The third kappa shape index (κ3) is 2.17. The Morgan fingerprint density at radius 3 is 2.67 bits per heavy atom. The maximum Gasteiger partial charge on any atom is 0.163 e. The van der Waals surface area contributed by atoms with E-state index in [4.69, 9.17) is 0 Å². The van der Waals surface area contributed by atoms with Crippen molar-refractivity contribution >= 4 is 13.4 Å². The molecule has 1 aromatic carbocycles. The predicted molar refractivity (Wildman–Crippen MR) is 50.4 cm³/mol. The number of carbonyl (C=O) groups is 1.